The molecule has 1 amide bonds. The topological polar surface area (TPSA) is 66.4 Å². The average Bonchev–Trinajstić information content (AvgIpc) is 2.74. The van der Waals surface area contributed by atoms with Crippen LogP contribution in [0.25, 0.3) is 11.1 Å². The smallest absolute Gasteiger partial charge is 0.326 e. The van der Waals surface area contributed by atoms with Crippen LogP contribution >= 0.6 is 11.8 Å². The zero-order chi connectivity index (χ0) is 19.8. The Kier molecular flexibility index (Phi) is 6.87. The van der Waals surface area contributed by atoms with E-state index in [9.17, 15) is 14.7 Å². The van der Waals surface area contributed by atoms with Gasteiger partial charge in [-0.2, -0.15) is 0 Å². The Bertz CT molecular complexity index is 929. The Morgan fingerprint density at radius 3 is 2.14 bits per heavy atom. The third-order valence-electron chi connectivity index (χ3n) is 4.28. The third-order valence-corrected chi connectivity index (χ3v) is 5.32. The first kappa shape index (κ1) is 19.7. The Morgan fingerprint density at radius 1 is 0.857 bits per heavy atom. The van der Waals surface area contributed by atoms with E-state index in [1.165, 1.54) is 0 Å². The zero-order valence-corrected chi connectivity index (χ0v) is 16.1. The van der Waals surface area contributed by atoms with Gasteiger partial charge in [-0.05, 0) is 35.7 Å². The van der Waals surface area contributed by atoms with Crippen LogP contribution in [0, 0.1) is 0 Å². The summed E-state index contributed by atoms with van der Waals surface area (Å²) in [6.07, 6.45) is 0.341. The number of hydrogen-bond donors (Lipinski definition) is 2. The van der Waals surface area contributed by atoms with Gasteiger partial charge in [0.05, 0.1) is 0 Å². The van der Waals surface area contributed by atoms with E-state index in [-0.39, 0.29) is 5.91 Å². The van der Waals surface area contributed by atoms with E-state index in [0.717, 1.165) is 16.0 Å². The molecule has 0 heterocycles. The van der Waals surface area contributed by atoms with Gasteiger partial charge in [-0.1, -0.05) is 66.7 Å². The minimum atomic E-state index is -1.03. The predicted molar refractivity (Wildman–Crippen MR) is 113 cm³/mol. The van der Waals surface area contributed by atoms with Crippen LogP contribution in [-0.4, -0.2) is 28.8 Å². The number of thioether (sulfide) groups is 1. The second-order valence-electron chi connectivity index (χ2n) is 6.23. The van der Waals surface area contributed by atoms with Gasteiger partial charge in [-0.25, -0.2) is 4.79 Å². The summed E-state index contributed by atoms with van der Waals surface area (Å²) in [5.41, 5.74) is 2.17. The third kappa shape index (κ3) is 5.24. The highest BCUT2D eigenvalue weighted by Crippen LogP contribution is 2.24. The second-order valence-corrected chi connectivity index (χ2v) is 7.39. The molecule has 0 bridgehead atoms. The maximum atomic E-state index is 12.8. The molecule has 0 aromatic heterocycles. The van der Waals surface area contributed by atoms with E-state index >= 15 is 0 Å². The highest BCUT2D eigenvalue weighted by molar-refractivity contribution is 7.99. The van der Waals surface area contributed by atoms with E-state index < -0.39 is 12.0 Å². The van der Waals surface area contributed by atoms with Gasteiger partial charge in [0.25, 0.3) is 5.91 Å². The monoisotopic (exact) mass is 391 g/mol. The largest absolute Gasteiger partial charge is 0.480 e. The summed E-state index contributed by atoms with van der Waals surface area (Å²) in [7, 11) is 0. The van der Waals surface area contributed by atoms with E-state index in [2.05, 4.69) is 5.32 Å². The van der Waals surface area contributed by atoms with Crippen molar-refractivity contribution in [1.29, 1.82) is 0 Å². The molecule has 0 unspecified atom stereocenters. The number of carboxylic acids is 1. The molecule has 0 spiro atoms. The number of hydrogen-bond acceptors (Lipinski definition) is 3. The van der Waals surface area contributed by atoms with Gasteiger partial charge in [0.2, 0.25) is 0 Å². The standard InChI is InChI=1S/C23H21NO3S/c25-22(20-14-8-7-13-19(20)17-9-3-1-4-10-17)24-21(23(26)27)15-16-28-18-11-5-2-6-12-18/h1-14,21H,15-16H2,(H,24,25)(H,26,27)/t21-/m0/s1. The first-order chi connectivity index (χ1) is 13.6. The van der Waals surface area contributed by atoms with Crippen LogP contribution in [0.2, 0.25) is 0 Å². The summed E-state index contributed by atoms with van der Waals surface area (Å²) >= 11 is 1.57. The number of carboxylic acid groups (broad SMARTS) is 1. The van der Waals surface area contributed by atoms with Crippen LogP contribution in [0.15, 0.2) is 89.8 Å². The molecule has 4 nitrogen and oxygen atoms in total. The van der Waals surface area contributed by atoms with Crippen LogP contribution in [0.3, 0.4) is 0 Å². The van der Waals surface area contributed by atoms with Crippen LogP contribution < -0.4 is 5.32 Å². The Morgan fingerprint density at radius 2 is 1.46 bits per heavy atom. The number of rotatable bonds is 8. The van der Waals surface area contributed by atoms with Gasteiger partial charge < -0.3 is 10.4 Å². The highest BCUT2D eigenvalue weighted by Gasteiger charge is 2.22. The van der Waals surface area contributed by atoms with Gasteiger partial charge in [-0.15, -0.1) is 11.8 Å². The first-order valence-corrected chi connectivity index (χ1v) is 9.99. The summed E-state index contributed by atoms with van der Waals surface area (Å²) in [5, 5.41) is 12.2. The lowest BCUT2D eigenvalue weighted by Gasteiger charge is -2.16. The van der Waals surface area contributed by atoms with Crippen LogP contribution in [0.1, 0.15) is 16.8 Å². The molecule has 0 saturated carbocycles. The molecule has 3 aromatic carbocycles. The summed E-state index contributed by atoms with van der Waals surface area (Å²) in [4.78, 5) is 25.5. The molecule has 0 fully saturated rings. The highest BCUT2D eigenvalue weighted by atomic mass is 32.2. The molecule has 5 heteroatoms. The average molecular weight is 391 g/mol. The molecular weight excluding hydrogens is 370 g/mol. The number of nitrogens with one attached hydrogen (secondary N) is 1. The van der Waals surface area contributed by atoms with Gasteiger partial charge >= 0.3 is 5.97 Å². The van der Waals surface area contributed by atoms with Crippen molar-refractivity contribution in [2.75, 3.05) is 5.75 Å². The van der Waals surface area contributed by atoms with Crippen molar-refractivity contribution in [3.63, 3.8) is 0 Å². The fraction of sp³-hybridized carbons (Fsp3) is 0.130. The summed E-state index contributed by atoms with van der Waals surface area (Å²) in [5.74, 6) is -0.808. The van der Waals surface area contributed by atoms with Crippen LogP contribution in [-0.2, 0) is 4.79 Å². The van der Waals surface area contributed by atoms with Crippen molar-refractivity contribution < 1.29 is 14.7 Å². The van der Waals surface area contributed by atoms with Gasteiger partial charge in [-0.3, -0.25) is 4.79 Å². The normalized spacial score (nSPS) is 11.6. The van der Waals surface area contributed by atoms with E-state index in [4.69, 9.17) is 0 Å². The van der Waals surface area contributed by atoms with Crippen molar-refractivity contribution in [2.24, 2.45) is 0 Å². The van der Waals surface area contributed by atoms with E-state index in [1.54, 1.807) is 23.9 Å². The minimum absolute atomic E-state index is 0.341. The molecule has 0 aliphatic carbocycles. The number of aliphatic carboxylic acids is 1. The molecule has 2 N–H and O–H groups in total. The molecule has 1 atom stereocenters. The summed E-state index contributed by atoms with van der Waals surface area (Å²) in [6.45, 7) is 0. The SMILES string of the molecule is O=C(N[C@@H](CCSc1ccccc1)C(=O)O)c1ccccc1-c1ccccc1. The molecule has 28 heavy (non-hydrogen) atoms. The zero-order valence-electron chi connectivity index (χ0n) is 15.2. The van der Waals surface area contributed by atoms with Crippen molar-refractivity contribution in [3.8, 4) is 11.1 Å². The molecule has 3 aromatic rings. The minimum Gasteiger partial charge on any atom is -0.480 e. The number of amides is 1. The Balaban J connectivity index is 1.69. The molecule has 0 radical (unpaired) electrons. The van der Waals surface area contributed by atoms with E-state index in [1.807, 2.05) is 72.8 Å². The fourth-order valence-electron chi connectivity index (χ4n) is 2.86. The maximum absolute atomic E-state index is 12.8. The van der Waals surface area contributed by atoms with Gasteiger partial charge in [0, 0.05) is 16.2 Å². The Hall–Kier alpha value is -3.05. The predicted octanol–water partition coefficient (Wildman–Crippen LogP) is 4.72. The maximum Gasteiger partial charge on any atom is 0.326 e. The van der Waals surface area contributed by atoms with Crippen molar-refractivity contribution >= 4 is 23.6 Å². The van der Waals surface area contributed by atoms with E-state index in [0.29, 0.717) is 17.7 Å². The lowest BCUT2D eigenvalue weighted by atomic mass is 9.99. The molecular formula is C23H21NO3S. The first-order valence-electron chi connectivity index (χ1n) is 9.01. The van der Waals surface area contributed by atoms with Crippen LogP contribution in [0.5, 0.6) is 0 Å². The number of carbonyl (C=O) groups is 2. The summed E-state index contributed by atoms with van der Waals surface area (Å²) < 4.78 is 0. The molecule has 3 rings (SSSR count). The number of carbonyl (C=O) groups excluding carboxylic acids is 1. The van der Waals surface area contributed by atoms with Crippen molar-refractivity contribution in [3.05, 3.63) is 90.5 Å². The molecule has 0 saturated heterocycles. The fourth-order valence-corrected chi connectivity index (χ4v) is 3.79. The molecule has 0 aliphatic heterocycles. The van der Waals surface area contributed by atoms with Gasteiger partial charge in [0.1, 0.15) is 6.04 Å². The lowest BCUT2D eigenvalue weighted by Crippen LogP contribution is -2.41. The summed E-state index contributed by atoms with van der Waals surface area (Å²) in [6, 6.07) is 25.7. The Labute approximate surface area is 168 Å². The lowest BCUT2D eigenvalue weighted by molar-refractivity contribution is -0.139. The quantitative estimate of drug-likeness (QED) is 0.545. The second kappa shape index (κ2) is 9.76. The van der Waals surface area contributed by atoms with Crippen molar-refractivity contribution in [1.82, 2.24) is 5.32 Å². The van der Waals surface area contributed by atoms with Crippen LogP contribution in [0.4, 0.5) is 0 Å². The number of benzene rings is 3. The van der Waals surface area contributed by atoms with Gasteiger partial charge in [0.15, 0.2) is 0 Å². The molecule has 0 aliphatic rings. The van der Waals surface area contributed by atoms with Crippen molar-refractivity contribution in [2.45, 2.75) is 17.4 Å². The molecule has 142 valence electrons.